The molecule has 2 N–H and O–H groups in total. The average Bonchev–Trinajstić information content (AvgIpc) is 2.19. The number of ether oxygens (including phenoxy) is 2. The van der Waals surface area contributed by atoms with Gasteiger partial charge in [0.25, 0.3) is 0 Å². The SMILES string of the molecule is COCCCC(N)C1CCCOC1. The van der Waals surface area contributed by atoms with Crippen molar-refractivity contribution in [3.8, 4) is 0 Å². The molecule has 1 saturated heterocycles. The van der Waals surface area contributed by atoms with Crippen molar-refractivity contribution in [3.63, 3.8) is 0 Å². The molecule has 0 aromatic heterocycles. The molecule has 0 aromatic rings. The molecule has 0 bridgehead atoms. The summed E-state index contributed by atoms with van der Waals surface area (Å²) >= 11 is 0. The summed E-state index contributed by atoms with van der Waals surface area (Å²) in [6, 6.07) is 0.301. The molecule has 2 atom stereocenters. The summed E-state index contributed by atoms with van der Waals surface area (Å²) in [6.07, 6.45) is 4.52. The Labute approximate surface area is 80.6 Å². The zero-order chi connectivity index (χ0) is 9.52. The van der Waals surface area contributed by atoms with Crippen LogP contribution in [0.15, 0.2) is 0 Å². The van der Waals surface area contributed by atoms with Crippen molar-refractivity contribution in [2.24, 2.45) is 11.7 Å². The number of nitrogens with two attached hydrogens (primary N) is 1. The summed E-state index contributed by atoms with van der Waals surface area (Å²) in [6.45, 7) is 2.59. The predicted molar refractivity (Wildman–Crippen MR) is 52.6 cm³/mol. The average molecular weight is 187 g/mol. The van der Waals surface area contributed by atoms with Crippen LogP contribution in [0.5, 0.6) is 0 Å². The second-order valence-corrected chi connectivity index (χ2v) is 3.78. The highest BCUT2D eigenvalue weighted by Gasteiger charge is 2.20. The highest BCUT2D eigenvalue weighted by molar-refractivity contribution is 4.75. The van der Waals surface area contributed by atoms with E-state index in [0.717, 1.165) is 32.7 Å². The monoisotopic (exact) mass is 187 g/mol. The molecule has 3 heteroatoms. The maximum atomic E-state index is 6.05. The minimum absolute atomic E-state index is 0.301. The molecule has 2 unspecified atom stereocenters. The first-order chi connectivity index (χ1) is 6.34. The normalized spacial score (nSPS) is 25.8. The van der Waals surface area contributed by atoms with Gasteiger partial charge in [-0.2, -0.15) is 0 Å². The van der Waals surface area contributed by atoms with Crippen molar-refractivity contribution in [3.05, 3.63) is 0 Å². The van der Waals surface area contributed by atoms with Crippen molar-refractivity contribution in [2.45, 2.75) is 31.7 Å². The minimum Gasteiger partial charge on any atom is -0.385 e. The standard InChI is InChI=1S/C10H21NO2/c1-12-6-3-5-10(11)9-4-2-7-13-8-9/h9-10H,2-8,11H2,1H3. The summed E-state index contributed by atoms with van der Waals surface area (Å²) in [7, 11) is 1.73. The van der Waals surface area contributed by atoms with Crippen LogP contribution in [-0.4, -0.2) is 33.0 Å². The van der Waals surface area contributed by atoms with Crippen molar-refractivity contribution in [1.82, 2.24) is 0 Å². The number of rotatable bonds is 5. The van der Waals surface area contributed by atoms with Gasteiger partial charge in [0.2, 0.25) is 0 Å². The van der Waals surface area contributed by atoms with Gasteiger partial charge in [0, 0.05) is 26.4 Å². The molecular weight excluding hydrogens is 166 g/mol. The summed E-state index contributed by atoms with van der Waals surface area (Å²) in [5.74, 6) is 0.575. The van der Waals surface area contributed by atoms with Gasteiger partial charge in [0.05, 0.1) is 6.61 Å². The zero-order valence-corrected chi connectivity index (χ0v) is 8.50. The fourth-order valence-electron chi connectivity index (χ4n) is 1.80. The van der Waals surface area contributed by atoms with Crippen LogP contribution < -0.4 is 5.73 Å². The van der Waals surface area contributed by atoms with Crippen molar-refractivity contribution >= 4 is 0 Å². The molecule has 1 aliphatic heterocycles. The van der Waals surface area contributed by atoms with E-state index < -0.39 is 0 Å². The molecule has 0 aliphatic carbocycles. The fourth-order valence-corrected chi connectivity index (χ4v) is 1.80. The lowest BCUT2D eigenvalue weighted by molar-refractivity contribution is 0.0425. The van der Waals surface area contributed by atoms with Gasteiger partial charge in [-0.15, -0.1) is 0 Å². The van der Waals surface area contributed by atoms with Gasteiger partial charge >= 0.3 is 0 Å². The fraction of sp³-hybridized carbons (Fsp3) is 1.00. The van der Waals surface area contributed by atoms with E-state index in [2.05, 4.69) is 0 Å². The van der Waals surface area contributed by atoms with Crippen LogP contribution in [0, 0.1) is 5.92 Å². The van der Waals surface area contributed by atoms with E-state index in [0.29, 0.717) is 12.0 Å². The van der Waals surface area contributed by atoms with Gasteiger partial charge in [-0.1, -0.05) is 0 Å². The van der Waals surface area contributed by atoms with Gasteiger partial charge in [-0.3, -0.25) is 0 Å². The molecule has 0 saturated carbocycles. The lowest BCUT2D eigenvalue weighted by atomic mass is 9.91. The van der Waals surface area contributed by atoms with E-state index in [9.17, 15) is 0 Å². The summed E-state index contributed by atoms with van der Waals surface area (Å²) in [5.41, 5.74) is 6.05. The molecule has 1 heterocycles. The van der Waals surface area contributed by atoms with E-state index in [1.54, 1.807) is 7.11 Å². The summed E-state index contributed by atoms with van der Waals surface area (Å²) in [4.78, 5) is 0. The topological polar surface area (TPSA) is 44.5 Å². The molecule has 0 radical (unpaired) electrons. The Morgan fingerprint density at radius 2 is 2.46 bits per heavy atom. The Hall–Kier alpha value is -0.120. The Bertz CT molecular complexity index is 124. The molecule has 0 spiro atoms. The molecular formula is C10H21NO2. The number of hydrogen-bond acceptors (Lipinski definition) is 3. The first kappa shape index (κ1) is 11.0. The third-order valence-electron chi connectivity index (χ3n) is 2.69. The highest BCUT2D eigenvalue weighted by Crippen LogP contribution is 2.18. The van der Waals surface area contributed by atoms with Crippen LogP contribution in [0.3, 0.4) is 0 Å². The third kappa shape index (κ3) is 4.07. The molecule has 1 fully saturated rings. The summed E-state index contributed by atoms with van der Waals surface area (Å²) < 4.78 is 10.4. The lowest BCUT2D eigenvalue weighted by Crippen LogP contribution is -2.35. The van der Waals surface area contributed by atoms with E-state index in [1.165, 1.54) is 12.8 Å². The first-order valence-electron chi connectivity index (χ1n) is 5.17. The molecule has 0 amide bonds. The molecule has 78 valence electrons. The minimum atomic E-state index is 0.301. The Kier molecular flexibility index (Phi) is 5.35. The van der Waals surface area contributed by atoms with E-state index in [-0.39, 0.29) is 0 Å². The molecule has 13 heavy (non-hydrogen) atoms. The van der Waals surface area contributed by atoms with Crippen LogP contribution in [-0.2, 0) is 9.47 Å². The van der Waals surface area contributed by atoms with Crippen LogP contribution in [0.25, 0.3) is 0 Å². The lowest BCUT2D eigenvalue weighted by Gasteiger charge is -2.27. The third-order valence-corrected chi connectivity index (χ3v) is 2.69. The van der Waals surface area contributed by atoms with E-state index in [1.807, 2.05) is 0 Å². The number of hydrogen-bond donors (Lipinski definition) is 1. The predicted octanol–water partition coefficient (Wildman–Crippen LogP) is 1.17. The second-order valence-electron chi connectivity index (χ2n) is 3.78. The summed E-state index contributed by atoms with van der Waals surface area (Å²) in [5, 5.41) is 0. The zero-order valence-electron chi connectivity index (χ0n) is 8.50. The molecule has 1 rings (SSSR count). The number of methoxy groups -OCH3 is 1. The van der Waals surface area contributed by atoms with Gasteiger partial charge in [0.1, 0.15) is 0 Å². The van der Waals surface area contributed by atoms with Gasteiger partial charge in [-0.05, 0) is 31.6 Å². The van der Waals surface area contributed by atoms with Crippen LogP contribution in [0.1, 0.15) is 25.7 Å². The molecule has 0 aromatic carbocycles. The van der Waals surface area contributed by atoms with E-state index in [4.69, 9.17) is 15.2 Å². The maximum absolute atomic E-state index is 6.05. The smallest absolute Gasteiger partial charge is 0.0509 e. The van der Waals surface area contributed by atoms with Gasteiger partial charge < -0.3 is 15.2 Å². The van der Waals surface area contributed by atoms with Crippen molar-refractivity contribution in [2.75, 3.05) is 26.9 Å². The van der Waals surface area contributed by atoms with Crippen molar-refractivity contribution < 1.29 is 9.47 Å². The molecule has 3 nitrogen and oxygen atoms in total. The molecule has 1 aliphatic rings. The highest BCUT2D eigenvalue weighted by atomic mass is 16.5. The largest absolute Gasteiger partial charge is 0.385 e. The van der Waals surface area contributed by atoms with Crippen LogP contribution >= 0.6 is 0 Å². The van der Waals surface area contributed by atoms with Gasteiger partial charge in [-0.25, -0.2) is 0 Å². The quantitative estimate of drug-likeness (QED) is 0.657. The Morgan fingerprint density at radius 3 is 3.08 bits per heavy atom. The first-order valence-corrected chi connectivity index (χ1v) is 5.17. The van der Waals surface area contributed by atoms with E-state index >= 15 is 0 Å². The van der Waals surface area contributed by atoms with Gasteiger partial charge in [0.15, 0.2) is 0 Å². The second kappa shape index (κ2) is 6.35. The Balaban J connectivity index is 2.09. The maximum Gasteiger partial charge on any atom is 0.0509 e. The van der Waals surface area contributed by atoms with Crippen LogP contribution in [0.4, 0.5) is 0 Å². The van der Waals surface area contributed by atoms with Crippen molar-refractivity contribution in [1.29, 1.82) is 0 Å². The Morgan fingerprint density at radius 1 is 1.62 bits per heavy atom. The van der Waals surface area contributed by atoms with Crippen LogP contribution in [0.2, 0.25) is 0 Å².